The number of halogens is 1. The second kappa shape index (κ2) is 6.73. The van der Waals surface area contributed by atoms with Crippen molar-refractivity contribution in [3.8, 4) is 0 Å². The van der Waals surface area contributed by atoms with Crippen molar-refractivity contribution in [3.63, 3.8) is 0 Å². The van der Waals surface area contributed by atoms with Crippen LogP contribution in [0.25, 0.3) is 0 Å². The van der Waals surface area contributed by atoms with Crippen molar-refractivity contribution >= 4 is 28.8 Å². The van der Waals surface area contributed by atoms with Crippen molar-refractivity contribution in [1.82, 2.24) is 0 Å². The molecule has 0 aliphatic carbocycles. The smallest absolute Gasteiger partial charge is 0.323 e. The number of carbonyl (C=O) groups is 1. The number of non-ortho nitro benzene ring substituents is 1. The van der Waals surface area contributed by atoms with Gasteiger partial charge in [-0.05, 0) is 30.3 Å². The van der Waals surface area contributed by atoms with Gasteiger partial charge in [0.25, 0.3) is 5.69 Å². The van der Waals surface area contributed by atoms with Gasteiger partial charge in [0.15, 0.2) is 0 Å². The largest absolute Gasteiger partial charge is 0.378 e. The van der Waals surface area contributed by atoms with Crippen molar-refractivity contribution in [2.24, 2.45) is 0 Å². The molecule has 8 heteroatoms. The molecule has 2 aromatic carbocycles. The van der Waals surface area contributed by atoms with Crippen molar-refractivity contribution in [2.75, 3.05) is 29.6 Å². The molecule has 7 nitrogen and oxygen atoms in total. The average molecular weight is 318 g/mol. The molecule has 2 amide bonds. The lowest BCUT2D eigenvalue weighted by molar-refractivity contribution is -0.384. The van der Waals surface area contributed by atoms with Crippen LogP contribution in [0.1, 0.15) is 0 Å². The van der Waals surface area contributed by atoms with Crippen LogP contribution >= 0.6 is 0 Å². The Kier molecular flexibility index (Phi) is 4.75. The number of hydrogen-bond donors (Lipinski definition) is 2. The van der Waals surface area contributed by atoms with Crippen LogP contribution in [-0.4, -0.2) is 25.0 Å². The van der Waals surface area contributed by atoms with Crippen LogP contribution < -0.4 is 15.5 Å². The maximum Gasteiger partial charge on any atom is 0.323 e. The van der Waals surface area contributed by atoms with Gasteiger partial charge < -0.3 is 15.5 Å². The fraction of sp³-hybridized carbons (Fsp3) is 0.133. The first-order valence-electron chi connectivity index (χ1n) is 6.66. The third-order valence-electron chi connectivity index (χ3n) is 3.05. The van der Waals surface area contributed by atoms with Crippen LogP contribution in [0.3, 0.4) is 0 Å². The summed E-state index contributed by atoms with van der Waals surface area (Å²) in [4.78, 5) is 23.8. The summed E-state index contributed by atoms with van der Waals surface area (Å²) in [5.41, 5.74) is 0.901. The minimum Gasteiger partial charge on any atom is -0.378 e. The van der Waals surface area contributed by atoms with Gasteiger partial charge in [0, 0.05) is 37.6 Å². The Morgan fingerprint density at radius 2 is 1.78 bits per heavy atom. The lowest BCUT2D eigenvalue weighted by atomic mass is 10.2. The number of rotatable bonds is 4. The van der Waals surface area contributed by atoms with E-state index in [-0.39, 0.29) is 11.4 Å². The van der Waals surface area contributed by atoms with Crippen molar-refractivity contribution < 1.29 is 14.1 Å². The van der Waals surface area contributed by atoms with E-state index in [1.54, 1.807) is 12.1 Å². The molecule has 0 unspecified atom stereocenters. The molecule has 2 rings (SSSR count). The molecular weight excluding hydrogens is 303 g/mol. The van der Waals surface area contributed by atoms with E-state index in [1.807, 2.05) is 31.1 Å². The molecular formula is C15H15FN4O3. The van der Waals surface area contributed by atoms with Gasteiger partial charge in [-0.3, -0.25) is 10.1 Å². The molecule has 23 heavy (non-hydrogen) atoms. The zero-order valence-corrected chi connectivity index (χ0v) is 12.5. The number of nitro groups is 1. The van der Waals surface area contributed by atoms with E-state index in [0.717, 1.165) is 23.9 Å². The summed E-state index contributed by atoms with van der Waals surface area (Å²) in [6.45, 7) is 0. The molecule has 0 aliphatic heterocycles. The second-order valence-electron chi connectivity index (χ2n) is 4.94. The third-order valence-corrected chi connectivity index (χ3v) is 3.05. The van der Waals surface area contributed by atoms with Crippen LogP contribution in [0, 0.1) is 15.9 Å². The molecule has 0 atom stereocenters. The molecule has 0 aromatic heterocycles. The van der Waals surface area contributed by atoms with E-state index in [4.69, 9.17) is 0 Å². The standard InChI is InChI=1S/C15H15FN4O3/c1-19(2)11-5-3-10(4-6-11)17-15(21)18-14-9-12(20(22)23)7-8-13(14)16/h3-9H,1-2H3,(H2,17,18,21). The maximum absolute atomic E-state index is 13.6. The zero-order valence-electron chi connectivity index (χ0n) is 12.5. The quantitative estimate of drug-likeness (QED) is 0.667. The number of carbonyl (C=O) groups excluding carboxylic acids is 1. The van der Waals surface area contributed by atoms with E-state index in [1.165, 1.54) is 0 Å². The predicted octanol–water partition coefficient (Wildman–Crippen LogP) is 3.44. The minimum absolute atomic E-state index is 0.262. The van der Waals surface area contributed by atoms with Crippen LogP contribution in [0.2, 0.25) is 0 Å². The summed E-state index contributed by atoms with van der Waals surface area (Å²) in [7, 11) is 3.78. The summed E-state index contributed by atoms with van der Waals surface area (Å²) in [6.07, 6.45) is 0. The van der Waals surface area contributed by atoms with Crippen LogP contribution in [-0.2, 0) is 0 Å². The summed E-state index contributed by atoms with van der Waals surface area (Å²) >= 11 is 0. The molecule has 0 saturated carbocycles. The number of nitrogens with zero attached hydrogens (tertiary/aromatic N) is 2. The Hall–Kier alpha value is -3.16. The molecule has 0 radical (unpaired) electrons. The molecule has 0 bridgehead atoms. The molecule has 0 spiro atoms. The number of amides is 2. The lowest BCUT2D eigenvalue weighted by Gasteiger charge is -2.13. The van der Waals surface area contributed by atoms with E-state index >= 15 is 0 Å². The summed E-state index contributed by atoms with van der Waals surface area (Å²) in [5, 5.41) is 15.5. The van der Waals surface area contributed by atoms with E-state index < -0.39 is 16.8 Å². The summed E-state index contributed by atoms with van der Waals surface area (Å²) < 4.78 is 13.6. The number of hydrogen-bond acceptors (Lipinski definition) is 4. The summed E-state index contributed by atoms with van der Waals surface area (Å²) in [5.74, 6) is -0.756. The highest BCUT2D eigenvalue weighted by Gasteiger charge is 2.13. The van der Waals surface area contributed by atoms with Gasteiger partial charge in [0.1, 0.15) is 5.82 Å². The van der Waals surface area contributed by atoms with Gasteiger partial charge in [-0.25, -0.2) is 9.18 Å². The summed E-state index contributed by atoms with van der Waals surface area (Å²) in [6, 6.07) is 9.23. The van der Waals surface area contributed by atoms with Crippen LogP contribution in [0.5, 0.6) is 0 Å². The highest BCUT2D eigenvalue weighted by atomic mass is 19.1. The van der Waals surface area contributed by atoms with Gasteiger partial charge in [-0.1, -0.05) is 0 Å². The highest BCUT2D eigenvalue weighted by molar-refractivity contribution is 6.00. The molecule has 0 saturated heterocycles. The zero-order chi connectivity index (χ0) is 17.0. The van der Waals surface area contributed by atoms with Crippen molar-refractivity contribution in [3.05, 3.63) is 58.4 Å². The minimum atomic E-state index is -0.756. The molecule has 0 heterocycles. The van der Waals surface area contributed by atoms with Gasteiger partial charge >= 0.3 is 6.03 Å². The highest BCUT2D eigenvalue weighted by Crippen LogP contribution is 2.22. The monoisotopic (exact) mass is 318 g/mol. The Balaban J connectivity index is 2.07. The van der Waals surface area contributed by atoms with Crippen molar-refractivity contribution in [2.45, 2.75) is 0 Å². The van der Waals surface area contributed by atoms with Crippen LogP contribution in [0.15, 0.2) is 42.5 Å². The first-order chi connectivity index (χ1) is 10.9. The SMILES string of the molecule is CN(C)c1ccc(NC(=O)Nc2cc([N+](=O)[O-])ccc2F)cc1. The number of nitrogens with one attached hydrogen (secondary N) is 2. The van der Waals surface area contributed by atoms with Gasteiger partial charge in [0.2, 0.25) is 0 Å². The lowest BCUT2D eigenvalue weighted by Crippen LogP contribution is -2.20. The normalized spacial score (nSPS) is 10.0. The maximum atomic E-state index is 13.6. The first-order valence-corrected chi connectivity index (χ1v) is 6.66. The molecule has 120 valence electrons. The van der Waals surface area contributed by atoms with E-state index in [2.05, 4.69) is 10.6 Å². The Labute approximate surface area is 131 Å². The number of benzene rings is 2. The van der Waals surface area contributed by atoms with Crippen LogP contribution in [0.4, 0.5) is 31.9 Å². The first kappa shape index (κ1) is 16.2. The van der Waals surface area contributed by atoms with Crippen molar-refractivity contribution in [1.29, 1.82) is 0 Å². The third kappa shape index (κ3) is 4.16. The molecule has 2 aromatic rings. The number of anilines is 3. The Morgan fingerprint density at radius 3 is 2.35 bits per heavy atom. The average Bonchev–Trinajstić information content (AvgIpc) is 2.49. The van der Waals surface area contributed by atoms with Gasteiger partial charge in [-0.2, -0.15) is 0 Å². The Bertz CT molecular complexity index is 732. The topological polar surface area (TPSA) is 87.5 Å². The van der Waals surface area contributed by atoms with E-state index in [0.29, 0.717) is 5.69 Å². The fourth-order valence-corrected chi connectivity index (χ4v) is 1.85. The number of nitro benzene ring substituents is 1. The number of urea groups is 1. The van der Waals surface area contributed by atoms with Gasteiger partial charge in [0.05, 0.1) is 10.6 Å². The van der Waals surface area contributed by atoms with Gasteiger partial charge in [-0.15, -0.1) is 0 Å². The predicted molar refractivity (Wildman–Crippen MR) is 86.5 cm³/mol. The molecule has 2 N–H and O–H groups in total. The second-order valence-corrected chi connectivity index (χ2v) is 4.94. The molecule has 0 aliphatic rings. The fourth-order valence-electron chi connectivity index (χ4n) is 1.85. The Morgan fingerprint density at radius 1 is 1.13 bits per heavy atom. The van der Waals surface area contributed by atoms with E-state index in [9.17, 15) is 19.3 Å². The molecule has 0 fully saturated rings.